The molecule has 0 atom stereocenters. The van der Waals surface area contributed by atoms with Gasteiger partial charge in [0.15, 0.2) is 0 Å². The Morgan fingerprint density at radius 1 is 0.963 bits per heavy atom. The molecule has 0 bridgehead atoms. The number of carbonyl (C=O) groups excluding carboxylic acids is 2. The molecule has 3 amide bonds. The van der Waals surface area contributed by atoms with E-state index in [1.54, 1.807) is 24.3 Å². The van der Waals surface area contributed by atoms with Gasteiger partial charge < -0.3 is 11.1 Å². The fourth-order valence-electron chi connectivity index (χ4n) is 2.73. The maximum atomic E-state index is 13.2. The Morgan fingerprint density at radius 2 is 1.59 bits per heavy atom. The van der Waals surface area contributed by atoms with Crippen molar-refractivity contribution in [3.05, 3.63) is 70.4 Å². The van der Waals surface area contributed by atoms with E-state index in [-0.39, 0.29) is 11.4 Å². The van der Waals surface area contributed by atoms with Gasteiger partial charge in [0.1, 0.15) is 10.8 Å². The van der Waals surface area contributed by atoms with E-state index in [4.69, 9.17) is 5.73 Å². The first-order valence-electron chi connectivity index (χ1n) is 8.19. The molecule has 0 aliphatic heterocycles. The van der Waals surface area contributed by atoms with Gasteiger partial charge in [0.25, 0.3) is 5.91 Å². The van der Waals surface area contributed by atoms with Crippen molar-refractivity contribution in [1.82, 2.24) is 0 Å². The SMILES string of the molecule is Cc1ccc(NC(=O)Nc2sc(C)c(-c3ccc(F)cc3)c2C(N)=O)cc1. The molecule has 0 saturated heterocycles. The number of thiophene rings is 1. The highest BCUT2D eigenvalue weighted by molar-refractivity contribution is 7.17. The summed E-state index contributed by atoms with van der Waals surface area (Å²) >= 11 is 1.24. The number of primary amides is 1. The van der Waals surface area contributed by atoms with Gasteiger partial charge in [0, 0.05) is 16.1 Å². The molecule has 3 rings (SSSR count). The summed E-state index contributed by atoms with van der Waals surface area (Å²) in [7, 11) is 0. The van der Waals surface area contributed by atoms with Gasteiger partial charge in [-0.1, -0.05) is 29.8 Å². The Hall–Kier alpha value is -3.19. The van der Waals surface area contributed by atoms with Gasteiger partial charge in [-0.25, -0.2) is 9.18 Å². The number of nitrogens with one attached hydrogen (secondary N) is 2. The first-order valence-corrected chi connectivity index (χ1v) is 9.00. The number of aryl methyl sites for hydroxylation is 2. The maximum absolute atomic E-state index is 13.2. The minimum absolute atomic E-state index is 0.211. The van der Waals surface area contributed by atoms with Crippen LogP contribution in [0, 0.1) is 19.7 Å². The van der Waals surface area contributed by atoms with Crippen molar-refractivity contribution in [2.75, 3.05) is 10.6 Å². The van der Waals surface area contributed by atoms with Crippen molar-refractivity contribution in [1.29, 1.82) is 0 Å². The molecule has 4 N–H and O–H groups in total. The number of amides is 3. The number of rotatable bonds is 4. The largest absolute Gasteiger partial charge is 0.365 e. The van der Waals surface area contributed by atoms with Crippen molar-refractivity contribution in [2.24, 2.45) is 5.73 Å². The monoisotopic (exact) mass is 383 g/mol. The lowest BCUT2D eigenvalue weighted by molar-refractivity contribution is 0.100. The highest BCUT2D eigenvalue weighted by Crippen LogP contribution is 2.39. The van der Waals surface area contributed by atoms with Gasteiger partial charge >= 0.3 is 6.03 Å². The molecular weight excluding hydrogens is 365 g/mol. The minimum Gasteiger partial charge on any atom is -0.365 e. The highest BCUT2D eigenvalue weighted by atomic mass is 32.1. The predicted molar refractivity (Wildman–Crippen MR) is 107 cm³/mol. The molecule has 5 nitrogen and oxygen atoms in total. The molecule has 1 aromatic heterocycles. The van der Waals surface area contributed by atoms with Gasteiger partial charge in [-0.2, -0.15) is 0 Å². The third-order valence-corrected chi connectivity index (χ3v) is 5.02. The zero-order chi connectivity index (χ0) is 19.6. The Kier molecular flexibility index (Phi) is 5.23. The fourth-order valence-corrected chi connectivity index (χ4v) is 3.81. The van der Waals surface area contributed by atoms with Crippen molar-refractivity contribution in [3.63, 3.8) is 0 Å². The standard InChI is InChI=1S/C20H18FN3O2S/c1-11-3-9-15(10-4-11)23-20(26)24-19-17(18(22)25)16(12(2)27-19)13-5-7-14(21)8-6-13/h3-10H,1-2H3,(H2,22,25)(H2,23,24,26). The van der Waals surface area contributed by atoms with Crippen LogP contribution in [-0.2, 0) is 0 Å². The van der Waals surface area contributed by atoms with Crippen LogP contribution in [0.5, 0.6) is 0 Å². The molecular formula is C20H18FN3O2S. The molecule has 0 unspecified atom stereocenters. The number of carbonyl (C=O) groups is 2. The second-order valence-electron chi connectivity index (χ2n) is 6.05. The zero-order valence-corrected chi connectivity index (χ0v) is 15.6. The summed E-state index contributed by atoms with van der Waals surface area (Å²) in [5.41, 5.74) is 8.74. The second-order valence-corrected chi connectivity index (χ2v) is 7.28. The normalized spacial score (nSPS) is 10.5. The van der Waals surface area contributed by atoms with Crippen LogP contribution in [0.3, 0.4) is 0 Å². The van der Waals surface area contributed by atoms with E-state index in [1.807, 2.05) is 26.0 Å². The topological polar surface area (TPSA) is 84.2 Å². The van der Waals surface area contributed by atoms with Crippen LogP contribution in [0.4, 0.5) is 19.9 Å². The Balaban J connectivity index is 1.90. The molecule has 0 saturated carbocycles. The molecule has 138 valence electrons. The third kappa shape index (κ3) is 4.15. The van der Waals surface area contributed by atoms with Gasteiger partial charge in [0.05, 0.1) is 5.56 Å². The van der Waals surface area contributed by atoms with Crippen molar-refractivity contribution >= 4 is 34.0 Å². The first-order chi connectivity index (χ1) is 12.8. The average Bonchev–Trinajstić information content (AvgIpc) is 2.93. The van der Waals surface area contributed by atoms with Crippen LogP contribution in [0.25, 0.3) is 11.1 Å². The molecule has 0 fully saturated rings. The molecule has 1 heterocycles. The number of anilines is 2. The van der Waals surface area contributed by atoms with Gasteiger partial charge in [-0.15, -0.1) is 11.3 Å². The maximum Gasteiger partial charge on any atom is 0.324 e. The lowest BCUT2D eigenvalue weighted by Gasteiger charge is -2.09. The molecule has 0 aliphatic carbocycles. The lowest BCUT2D eigenvalue weighted by atomic mass is 10.0. The van der Waals surface area contributed by atoms with Gasteiger partial charge in [0.2, 0.25) is 0 Å². The Bertz CT molecular complexity index is 995. The van der Waals surface area contributed by atoms with E-state index >= 15 is 0 Å². The number of halogens is 1. The van der Waals surface area contributed by atoms with E-state index in [1.165, 1.54) is 23.5 Å². The molecule has 27 heavy (non-hydrogen) atoms. The quantitative estimate of drug-likeness (QED) is 0.598. The van der Waals surface area contributed by atoms with Crippen molar-refractivity contribution in [2.45, 2.75) is 13.8 Å². The van der Waals surface area contributed by atoms with Crippen molar-refractivity contribution in [3.8, 4) is 11.1 Å². The number of hydrogen-bond acceptors (Lipinski definition) is 3. The summed E-state index contributed by atoms with van der Waals surface area (Å²) in [6.45, 7) is 3.77. The van der Waals surface area contributed by atoms with E-state index in [0.29, 0.717) is 21.8 Å². The fraction of sp³-hybridized carbons (Fsp3) is 0.100. The van der Waals surface area contributed by atoms with Crippen molar-refractivity contribution < 1.29 is 14.0 Å². The second kappa shape index (κ2) is 7.59. The zero-order valence-electron chi connectivity index (χ0n) is 14.8. The van der Waals surface area contributed by atoms with Crippen LogP contribution < -0.4 is 16.4 Å². The molecule has 3 aromatic rings. The smallest absolute Gasteiger partial charge is 0.324 e. The molecule has 0 aliphatic rings. The average molecular weight is 383 g/mol. The third-order valence-electron chi connectivity index (χ3n) is 4.00. The number of benzene rings is 2. The first kappa shape index (κ1) is 18.6. The molecule has 7 heteroatoms. The Morgan fingerprint density at radius 3 is 2.19 bits per heavy atom. The van der Waals surface area contributed by atoms with Crippen LogP contribution >= 0.6 is 11.3 Å². The highest BCUT2D eigenvalue weighted by Gasteiger charge is 2.22. The van der Waals surface area contributed by atoms with Crippen LogP contribution in [0.2, 0.25) is 0 Å². The predicted octanol–water partition coefficient (Wildman–Crippen LogP) is 4.91. The lowest BCUT2D eigenvalue weighted by Crippen LogP contribution is -2.21. The number of hydrogen-bond donors (Lipinski definition) is 3. The number of nitrogens with two attached hydrogens (primary N) is 1. The van der Waals surface area contributed by atoms with Crippen LogP contribution in [0.1, 0.15) is 20.8 Å². The van der Waals surface area contributed by atoms with Gasteiger partial charge in [-0.05, 0) is 43.7 Å². The summed E-state index contributed by atoms with van der Waals surface area (Å²) in [5.74, 6) is -1.03. The molecule has 0 spiro atoms. The van der Waals surface area contributed by atoms with Crippen LogP contribution in [0.15, 0.2) is 48.5 Å². The van der Waals surface area contributed by atoms with Crippen LogP contribution in [-0.4, -0.2) is 11.9 Å². The van der Waals surface area contributed by atoms with E-state index in [0.717, 1.165) is 10.4 Å². The van der Waals surface area contributed by atoms with E-state index in [9.17, 15) is 14.0 Å². The summed E-state index contributed by atoms with van der Waals surface area (Å²) in [6.07, 6.45) is 0. The molecule has 2 aromatic carbocycles. The summed E-state index contributed by atoms with van der Waals surface area (Å²) in [4.78, 5) is 25.2. The van der Waals surface area contributed by atoms with E-state index < -0.39 is 11.9 Å². The number of urea groups is 1. The summed E-state index contributed by atoms with van der Waals surface area (Å²) in [6, 6.07) is 12.6. The Labute approximate surface area is 160 Å². The van der Waals surface area contributed by atoms with Gasteiger partial charge in [-0.3, -0.25) is 10.1 Å². The minimum atomic E-state index is -0.663. The summed E-state index contributed by atoms with van der Waals surface area (Å²) < 4.78 is 13.2. The molecule has 0 radical (unpaired) electrons. The summed E-state index contributed by atoms with van der Waals surface area (Å²) in [5, 5.41) is 5.76. The van der Waals surface area contributed by atoms with E-state index in [2.05, 4.69) is 10.6 Å².